The van der Waals surface area contributed by atoms with E-state index in [1.807, 2.05) is 0 Å². The van der Waals surface area contributed by atoms with E-state index < -0.39 is 167 Å². The molecule has 1 unspecified atom stereocenters. The van der Waals surface area contributed by atoms with Gasteiger partial charge in [0.1, 0.15) is 71.4 Å². The largest absolute Gasteiger partial charge is 0.193 e. The predicted molar refractivity (Wildman–Crippen MR) is 244 cm³/mol. The Kier molecular flexibility index (Phi) is 14.8. The van der Waals surface area contributed by atoms with Crippen LogP contribution in [0.3, 0.4) is 0 Å². The lowest BCUT2D eigenvalue weighted by molar-refractivity contribution is 1.14. The molecule has 0 aliphatic heterocycles. The molecule has 1 fully saturated rings. The lowest BCUT2D eigenvalue weighted by Gasteiger charge is -2.36. The molecular weight excluding hydrogens is 835 g/mol. The minimum Gasteiger partial charge on any atom is -0.193 e. The number of benzene rings is 2. The van der Waals surface area contributed by atoms with Crippen LogP contribution in [0.1, 0.15) is 44.5 Å². The van der Waals surface area contributed by atoms with Crippen LogP contribution in [0.25, 0.3) is 11.1 Å². The van der Waals surface area contributed by atoms with Gasteiger partial charge in [0.25, 0.3) is 0 Å². The van der Waals surface area contributed by atoms with E-state index in [1.165, 1.54) is 0 Å². The fourth-order valence-electron chi connectivity index (χ4n) is 7.35. The Morgan fingerprint density at radius 3 is 1.15 bits per heavy atom. The van der Waals surface area contributed by atoms with Crippen LogP contribution in [-0.4, -0.2) is 62.8 Å². The molecule has 0 N–H and O–H groups in total. The van der Waals surface area contributed by atoms with E-state index in [0.717, 1.165) is 0 Å². The van der Waals surface area contributed by atoms with Crippen molar-refractivity contribution in [3.63, 3.8) is 0 Å². The Hall–Kier alpha value is -10.7. The number of nitriles is 14. The monoisotopic (exact) mass is 840 g/mol. The number of allylic oxidation sites excluding steroid dienone is 16. The van der Waals surface area contributed by atoms with Crippen molar-refractivity contribution < 1.29 is 0 Å². The van der Waals surface area contributed by atoms with Gasteiger partial charge in [-0.2, -0.15) is 73.7 Å². The smallest absolute Gasteiger partial charge is 0.117 e. The molecule has 282 valence electrons. The van der Waals surface area contributed by atoms with Gasteiger partial charge in [0.05, 0.1) is 138 Å². The molecule has 1 atom stereocenters. The fourth-order valence-corrected chi connectivity index (χ4v) is 7.35. The molecule has 0 aromatic heterocycles. The highest BCUT2D eigenvalue weighted by atomic mass is 14.5. The summed E-state index contributed by atoms with van der Waals surface area (Å²) >= 11 is 0. The molecule has 2 aromatic rings. The van der Waals surface area contributed by atoms with E-state index in [4.69, 9.17) is 69.2 Å². The van der Waals surface area contributed by atoms with Crippen LogP contribution in [-0.2, 0) is 0 Å². The van der Waals surface area contributed by atoms with Crippen LogP contribution in [0, 0.1) is 171 Å². The van der Waals surface area contributed by atoms with Crippen molar-refractivity contribution in [2.45, 2.75) is 12.1 Å². The Morgan fingerprint density at radius 2 is 0.868 bits per heavy atom. The molecule has 14 nitrogen and oxygen atoms in total. The standard InChI is InChI=1S/C46H4B8N14/c1-2-19(21(6-57)40(48)18(3-47)4-55)20(5-56)36-37(22(7-58)33-25(10-61)41(49)30(15-66)42(50)26(33)11-62)39(24(9-60)35-29(14-65)45(53)32(17-68)46(35)54)38(36)23(8-59)34-27(12-63)43(51)31(16-67)44(52)28(34)13-64/h1,46H,3H2/b21-19+,36-20-,37-22+,38-23-,39-24?,40-18-. The number of hydrogen-bond acceptors (Lipinski definition) is 14. The van der Waals surface area contributed by atoms with E-state index in [-0.39, 0.29) is 0 Å². The van der Waals surface area contributed by atoms with Crippen molar-refractivity contribution in [2.75, 3.05) is 0 Å². The van der Waals surface area contributed by atoms with E-state index in [9.17, 15) is 73.7 Å². The quantitative estimate of drug-likeness (QED) is 0.156. The molecule has 0 bridgehead atoms. The van der Waals surface area contributed by atoms with Gasteiger partial charge in [-0.3, -0.25) is 0 Å². The highest BCUT2D eigenvalue weighted by Crippen LogP contribution is 2.58. The number of terminal acetylenes is 1. The maximum atomic E-state index is 11.3. The second-order valence-corrected chi connectivity index (χ2v) is 13.3. The summed E-state index contributed by atoms with van der Waals surface area (Å²) < 4.78 is 0. The van der Waals surface area contributed by atoms with E-state index >= 15 is 0 Å². The topological polar surface area (TPSA) is 333 Å². The minimum atomic E-state index is -1.74. The van der Waals surface area contributed by atoms with E-state index in [0.29, 0.717) is 0 Å². The summed E-state index contributed by atoms with van der Waals surface area (Å²) in [7, 11) is 49.5. The normalized spacial score (nSPS) is 16.9. The van der Waals surface area contributed by atoms with E-state index in [1.54, 1.807) is 85.0 Å². The van der Waals surface area contributed by atoms with Crippen molar-refractivity contribution in [3.05, 3.63) is 122 Å². The first-order valence-corrected chi connectivity index (χ1v) is 18.1. The SMILES string of the molecule is [B]C\C(C#N)=C([B])/C(C#N)=C(C#C)/C(C#N)=C1C(=C(/C#N)c2c(C#N)c([B])c(C#N)c([B])c2C#N)\C(=C(C#N)C2=C(C#N)C([B])=C(C#N)C2[B])C\1=C(/C#N)c1c(C#N)c([B])c(C#N)c([B])c1C#N. The Labute approximate surface area is 399 Å². The van der Waals surface area contributed by atoms with Gasteiger partial charge in [-0.15, -0.1) is 6.42 Å². The molecule has 2 aromatic carbocycles. The maximum Gasteiger partial charge on any atom is 0.117 e. The van der Waals surface area contributed by atoms with E-state index in [2.05, 4.69) is 5.92 Å². The average Bonchev–Trinajstić information content (AvgIpc) is 3.58. The Bertz CT molecular complexity index is 3580. The summed E-state index contributed by atoms with van der Waals surface area (Å²) in [6.45, 7) is 0. The summed E-state index contributed by atoms with van der Waals surface area (Å²) in [5, 5.41) is 148. The van der Waals surface area contributed by atoms with Gasteiger partial charge in [0, 0.05) is 55.7 Å². The van der Waals surface area contributed by atoms with Crippen LogP contribution in [0.2, 0.25) is 12.1 Å². The molecule has 1 saturated carbocycles. The van der Waals surface area contributed by atoms with Gasteiger partial charge in [-0.05, 0) is 11.4 Å². The lowest BCUT2D eigenvalue weighted by Crippen LogP contribution is -2.31. The Morgan fingerprint density at radius 1 is 0.471 bits per heavy atom. The molecule has 22 heteroatoms. The van der Waals surface area contributed by atoms with Gasteiger partial charge in [0.2, 0.25) is 0 Å². The zero-order valence-electron chi connectivity index (χ0n) is 34.2. The van der Waals surface area contributed by atoms with Crippen LogP contribution < -0.4 is 21.9 Å². The zero-order valence-corrected chi connectivity index (χ0v) is 34.2. The number of hydrogen-bond donors (Lipinski definition) is 0. The third-order valence-electron chi connectivity index (χ3n) is 10.4. The Balaban J connectivity index is 2.81. The fraction of sp³-hybridized carbons (Fsp3) is 0.0435. The van der Waals surface area contributed by atoms with Gasteiger partial charge in [-0.25, -0.2) is 0 Å². The van der Waals surface area contributed by atoms with Crippen LogP contribution >= 0.6 is 0 Å². The number of rotatable bonds is 6. The van der Waals surface area contributed by atoms with Crippen molar-refractivity contribution in [3.8, 4) is 97.3 Å². The van der Waals surface area contributed by atoms with Gasteiger partial charge >= 0.3 is 0 Å². The average molecular weight is 839 g/mol. The summed E-state index contributed by atoms with van der Waals surface area (Å²) in [6.07, 6.45) is 5.38. The maximum absolute atomic E-state index is 11.3. The van der Waals surface area contributed by atoms with Crippen LogP contribution in [0.15, 0.2) is 77.8 Å². The van der Waals surface area contributed by atoms with Gasteiger partial charge in [-0.1, -0.05) is 45.0 Å². The molecule has 2 aliphatic rings. The minimum absolute atomic E-state index is 0.439. The molecule has 16 radical (unpaired) electrons. The molecule has 68 heavy (non-hydrogen) atoms. The van der Waals surface area contributed by atoms with Crippen molar-refractivity contribution in [1.29, 1.82) is 73.7 Å². The summed E-state index contributed by atoms with van der Waals surface area (Å²) in [6, 6.07) is 24.0. The summed E-state index contributed by atoms with van der Waals surface area (Å²) in [4.78, 5) is 0. The molecule has 0 heterocycles. The first-order valence-electron chi connectivity index (χ1n) is 18.1. The lowest BCUT2D eigenvalue weighted by atomic mass is 9.61. The third kappa shape index (κ3) is 7.31. The zero-order chi connectivity index (χ0) is 51.1. The molecule has 0 saturated heterocycles. The van der Waals surface area contributed by atoms with Crippen LogP contribution in [0.5, 0.6) is 0 Å². The molecule has 0 spiro atoms. The summed E-state index contributed by atoms with van der Waals surface area (Å²) in [5.41, 5.74) is -19.9. The van der Waals surface area contributed by atoms with Crippen molar-refractivity contribution >= 4 is 95.8 Å². The first-order chi connectivity index (χ1) is 32.6. The highest BCUT2D eigenvalue weighted by molar-refractivity contribution is 6.44. The molecule has 2 aliphatic carbocycles. The van der Waals surface area contributed by atoms with Gasteiger partial charge in [0.15, 0.2) is 0 Å². The van der Waals surface area contributed by atoms with Crippen molar-refractivity contribution in [2.24, 2.45) is 0 Å². The second-order valence-electron chi connectivity index (χ2n) is 13.3. The third-order valence-corrected chi connectivity index (χ3v) is 10.4. The first kappa shape index (κ1) is 49.9. The van der Waals surface area contributed by atoms with Crippen LogP contribution in [0.4, 0.5) is 0 Å². The molecule has 0 amide bonds. The predicted octanol–water partition coefficient (Wildman–Crippen LogP) is -0.276. The summed E-state index contributed by atoms with van der Waals surface area (Å²) in [5.74, 6) is 0.368. The molecular formula is C46H4B8N14. The highest BCUT2D eigenvalue weighted by Gasteiger charge is 2.46. The van der Waals surface area contributed by atoms with Crippen molar-refractivity contribution in [1.82, 2.24) is 0 Å². The second kappa shape index (κ2) is 20.2. The number of nitrogens with zero attached hydrogens (tertiary/aromatic N) is 14. The van der Waals surface area contributed by atoms with Gasteiger partial charge < -0.3 is 0 Å². The molecule has 4 rings (SSSR count).